The maximum atomic E-state index is 12.7. The lowest BCUT2D eigenvalue weighted by Gasteiger charge is -2.07. The van der Waals surface area contributed by atoms with E-state index >= 15 is 0 Å². The Bertz CT molecular complexity index is 1330. The van der Waals surface area contributed by atoms with Crippen LogP contribution in [0.4, 0.5) is 0 Å². The number of aromatic nitrogens is 4. The fourth-order valence-electron chi connectivity index (χ4n) is 3.40. The number of pyridine rings is 1. The summed E-state index contributed by atoms with van der Waals surface area (Å²) in [5, 5.41) is 7.82. The number of nitrogens with one attached hydrogen (secondary N) is 1. The first-order chi connectivity index (χ1) is 17.0. The molecule has 0 saturated heterocycles. The number of ether oxygens (including phenoxy) is 2. The molecule has 11 heteroatoms. The van der Waals surface area contributed by atoms with E-state index in [4.69, 9.17) is 21.1 Å². The van der Waals surface area contributed by atoms with Crippen LogP contribution in [0.15, 0.2) is 65.8 Å². The minimum Gasteiger partial charge on any atom is -0.468 e. The van der Waals surface area contributed by atoms with Gasteiger partial charge in [0.25, 0.3) is 16.7 Å². The highest BCUT2D eigenvalue weighted by atomic mass is 35.5. The Morgan fingerprint density at radius 3 is 2.60 bits per heavy atom. The average molecular weight is 514 g/mol. The van der Waals surface area contributed by atoms with E-state index in [-0.39, 0.29) is 24.7 Å². The molecule has 0 unspecified atom stereocenters. The van der Waals surface area contributed by atoms with Crippen molar-refractivity contribution in [1.29, 1.82) is 0 Å². The van der Waals surface area contributed by atoms with Crippen LogP contribution >= 0.6 is 22.9 Å². The Labute approximate surface area is 210 Å². The van der Waals surface area contributed by atoms with E-state index in [9.17, 15) is 9.59 Å². The molecule has 0 aliphatic rings. The van der Waals surface area contributed by atoms with Crippen molar-refractivity contribution >= 4 is 28.8 Å². The van der Waals surface area contributed by atoms with Crippen LogP contribution in [0.3, 0.4) is 0 Å². The fraction of sp³-hybridized carbons (Fsp3) is 0.250. The highest BCUT2D eigenvalue weighted by molar-refractivity contribution is 7.17. The van der Waals surface area contributed by atoms with Crippen molar-refractivity contribution in [2.45, 2.75) is 19.7 Å². The summed E-state index contributed by atoms with van der Waals surface area (Å²) < 4.78 is 14.6. The molecule has 3 aromatic heterocycles. The number of rotatable bonds is 11. The lowest BCUT2D eigenvalue weighted by Crippen LogP contribution is -2.28. The summed E-state index contributed by atoms with van der Waals surface area (Å²) in [5.74, 6) is -0.257. The maximum absolute atomic E-state index is 12.7. The van der Waals surface area contributed by atoms with Gasteiger partial charge in [-0.05, 0) is 17.2 Å². The zero-order chi connectivity index (χ0) is 24.6. The van der Waals surface area contributed by atoms with Gasteiger partial charge in [-0.3, -0.25) is 14.3 Å². The first-order valence-corrected chi connectivity index (χ1v) is 12.0. The number of hydrogen-bond donors (Lipinski definition) is 1. The third-order valence-electron chi connectivity index (χ3n) is 5.05. The van der Waals surface area contributed by atoms with Crippen molar-refractivity contribution in [2.24, 2.45) is 0 Å². The average Bonchev–Trinajstić information content (AvgIpc) is 3.45. The van der Waals surface area contributed by atoms with Gasteiger partial charge in [-0.15, -0.1) is 0 Å². The number of carbonyl (C=O) groups excluding carboxylic acids is 1. The van der Waals surface area contributed by atoms with Crippen molar-refractivity contribution < 1.29 is 14.3 Å². The highest BCUT2D eigenvalue weighted by Crippen LogP contribution is 2.24. The molecule has 0 radical (unpaired) electrons. The molecule has 4 rings (SSSR count). The number of hydrogen-bond acceptors (Lipinski definition) is 7. The Morgan fingerprint density at radius 2 is 1.91 bits per heavy atom. The number of thiazole rings is 1. The zero-order valence-electron chi connectivity index (χ0n) is 19.0. The molecule has 0 atom stereocenters. The molecule has 35 heavy (non-hydrogen) atoms. The van der Waals surface area contributed by atoms with Crippen LogP contribution in [-0.2, 0) is 24.4 Å². The van der Waals surface area contributed by atoms with E-state index in [1.54, 1.807) is 40.9 Å². The van der Waals surface area contributed by atoms with Crippen molar-refractivity contribution in [3.8, 4) is 5.19 Å². The quantitative estimate of drug-likeness (QED) is 0.309. The number of carbonyl (C=O) groups is 1. The van der Waals surface area contributed by atoms with Gasteiger partial charge in [0.1, 0.15) is 16.6 Å². The number of nitrogens with zero attached hydrogens (tertiary/aromatic N) is 4. The van der Waals surface area contributed by atoms with Crippen LogP contribution < -0.4 is 15.6 Å². The summed E-state index contributed by atoms with van der Waals surface area (Å²) in [7, 11) is 1.56. The van der Waals surface area contributed by atoms with Gasteiger partial charge in [0.05, 0.1) is 38.0 Å². The molecular weight excluding hydrogens is 490 g/mol. The van der Waals surface area contributed by atoms with Crippen LogP contribution in [0.25, 0.3) is 0 Å². The first kappa shape index (κ1) is 24.6. The van der Waals surface area contributed by atoms with Crippen LogP contribution in [0.1, 0.15) is 27.2 Å². The number of benzene rings is 1. The summed E-state index contributed by atoms with van der Waals surface area (Å²) in [6, 6.07) is 13.1. The molecule has 0 fully saturated rings. The number of halogens is 1. The zero-order valence-corrected chi connectivity index (χ0v) is 20.6. The summed E-state index contributed by atoms with van der Waals surface area (Å²) in [6.45, 7) is 1.78. The van der Waals surface area contributed by atoms with Crippen molar-refractivity contribution in [2.75, 3.05) is 20.3 Å². The fourth-order valence-corrected chi connectivity index (χ4v) is 4.17. The molecular formula is C24H24ClN5O4S. The lowest BCUT2D eigenvalue weighted by molar-refractivity contribution is 0.0942. The molecule has 1 N–H and O–H groups in total. The minimum absolute atomic E-state index is 0.0382. The minimum atomic E-state index is -0.257. The molecule has 4 aromatic rings. The SMILES string of the molecule is COCc1nn(Cc2ccc(Cn3ccccc3=O)cc2)cc1C(=O)NCCOc1ncc(Cl)s1. The third kappa shape index (κ3) is 6.78. The molecule has 0 aliphatic carbocycles. The molecule has 0 bridgehead atoms. The molecule has 182 valence electrons. The van der Waals surface area contributed by atoms with E-state index in [2.05, 4.69) is 15.4 Å². The summed E-state index contributed by atoms with van der Waals surface area (Å²) in [6.07, 6.45) is 5.00. The molecule has 0 saturated carbocycles. The van der Waals surface area contributed by atoms with Crippen molar-refractivity contribution in [3.05, 3.63) is 98.1 Å². The van der Waals surface area contributed by atoms with Crippen LogP contribution in [0.2, 0.25) is 4.34 Å². The molecule has 3 heterocycles. The molecule has 1 amide bonds. The van der Waals surface area contributed by atoms with Gasteiger partial charge < -0.3 is 19.4 Å². The smallest absolute Gasteiger partial charge is 0.274 e. The largest absolute Gasteiger partial charge is 0.468 e. The third-order valence-corrected chi connectivity index (χ3v) is 6.08. The Morgan fingerprint density at radius 1 is 1.14 bits per heavy atom. The Balaban J connectivity index is 1.36. The highest BCUT2D eigenvalue weighted by Gasteiger charge is 2.16. The monoisotopic (exact) mass is 513 g/mol. The molecule has 0 aliphatic heterocycles. The Kier molecular flexibility index (Phi) is 8.30. The van der Waals surface area contributed by atoms with E-state index in [0.717, 1.165) is 11.1 Å². The van der Waals surface area contributed by atoms with E-state index < -0.39 is 0 Å². The topological polar surface area (TPSA) is 100 Å². The second-order valence-electron chi connectivity index (χ2n) is 7.64. The van der Waals surface area contributed by atoms with Gasteiger partial charge in [-0.1, -0.05) is 53.3 Å². The second-order valence-corrected chi connectivity index (χ2v) is 9.26. The van der Waals surface area contributed by atoms with Crippen LogP contribution in [-0.4, -0.2) is 45.5 Å². The first-order valence-electron chi connectivity index (χ1n) is 10.8. The number of methoxy groups -OCH3 is 1. The lowest BCUT2D eigenvalue weighted by atomic mass is 10.1. The second kappa shape index (κ2) is 11.8. The molecule has 0 spiro atoms. The van der Waals surface area contributed by atoms with E-state index in [1.807, 2.05) is 30.3 Å². The summed E-state index contributed by atoms with van der Waals surface area (Å²) in [5.41, 5.74) is 3.00. The van der Waals surface area contributed by atoms with Gasteiger partial charge in [0.15, 0.2) is 0 Å². The standard InChI is InChI=1S/C24H24ClN5O4S/c1-33-16-20-19(23(32)26-9-11-34-24-27-12-21(25)35-24)15-30(28-20)14-18-7-5-17(6-8-18)13-29-10-3-2-4-22(29)31/h2-8,10,12,15H,9,11,13-14,16H2,1H3,(H,26,32). The van der Waals surface area contributed by atoms with Crippen molar-refractivity contribution in [1.82, 2.24) is 24.6 Å². The van der Waals surface area contributed by atoms with Gasteiger partial charge in [-0.2, -0.15) is 5.10 Å². The van der Waals surface area contributed by atoms with Gasteiger partial charge in [-0.25, -0.2) is 4.98 Å². The van der Waals surface area contributed by atoms with Gasteiger partial charge in [0, 0.05) is 25.6 Å². The van der Waals surface area contributed by atoms with Gasteiger partial charge in [0.2, 0.25) is 0 Å². The van der Waals surface area contributed by atoms with E-state index in [0.29, 0.717) is 40.4 Å². The van der Waals surface area contributed by atoms with Crippen LogP contribution in [0, 0.1) is 0 Å². The Hall–Kier alpha value is -3.47. The molecule has 1 aromatic carbocycles. The van der Waals surface area contributed by atoms with E-state index in [1.165, 1.54) is 17.5 Å². The van der Waals surface area contributed by atoms with Crippen LogP contribution in [0.5, 0.6) is 5.19 Å². The van der Waals surface area contributed by atoms with Crippen molar-refractivity contribution in [3.63, 3.8) is 0 Å². The predicted molar refractivity (Wildman–Crippen MR) is 133 cm³/mol. The maximum Gasteiger partial charge on any atom is 0.274 e. The summed E-state index contributed by atoms with van der Waals surface area (Å²) >= 11 is 7.06. The summed E-state index contributed by atoms with van der Waals surface area (Å²) in [4.78, 5) is 28.7. The van der Waals surface area contributed by atoms with Gasteiger partial charge >= 0.3 is 0 Å². The predicted octanol–water partition coefficient (Wildman–Crippen LogP) is 3.21. The molecule has 9 nitrogen and oxygen atoms in total. The normalized spacial score (nSPS) is 10.9. The number of amides is 1.